The van der Waals surface area contributed by atoms with Crippen LogP contribution in [0.1, 0.15) is 97.8 Å². The predicted octanol–water partition coefficient (Wildman–Crippen LogP) is 11.7. The molecule has 0 heterocycles. The van der Waals surface area contributed by atoms with E-state index in [1.165, 1.54) is 0 Å². The molecule has 12 nitrogen and oxygen atoms in total. The molecule has 354 valence electrons. The van der Waals surface area contributed by atoms with Crippen molar-refractivity contribution in [3.8, 4) is 34.5 Å². The number of halogens is 9. The topological polar surface area (TPSA) is 158 Å². The summed E-state index contributed by atoms with van der Waals surface area (Å²) in [7, 11) is -19.2. The van der Waals surface area contributed by atoms with Crippen LogP contribution < -0.4 is 26.8 Å². The zero-order valence-electron chi connectivity index (χ0n) is 34.1. The van der Waals surface area contributed by atoms with Gasteiger partial charge in [-0.25, -0.2) is 0 Å². The Morgan fingerprint density at radius 1 is 0.349 bits per heavy atom. The second-order valence-electron chi connectivity index (χ2n) is 14.2. The van der Waals surface area contributed by atoms with Crippen LogP contribution in [0.25, 0.3) is 32.3 Å². The predicted molar refractivity (Wildman–Crippen MR) is 215 cm³/mol. The summed E-state index contributed by atoms with van der Waals surface area (Å²) in [5.41, 5.74) is -17.9. The van der Waals surface area contributed by atoms with E-state index in [1.807, 2.05) is 20.8 Å². The minimum absolute atomic E-state index is 0.188. The number of alkyl halides is 9. The number of fused-ring (bicyclic) bond motifs is 6. The highest BCUT2D eigenvalue weighted by Crippen LogP contribution is 2.49. The summed E-state index contributed by atoms with van der Waals surface area (Å²) in [5, 5.41) is -1.52. The number of hydrogen-bond donors (Lipinski definition) is 0. The van der Waals surface area contributed by atoms with Gasteiger partial charge in [0.1, 0.15) is 0 Å². The third-order valence-electron chi connectivity index (χ3n) is 9.34. The van der Waals surface area contributed by atoms with Crippen molar-refractivity contribution in [3.63, 3.8) is 0 Å². The van der Waals surface area contributed by atoms with Crippen molar-refractivity contribution in [2.24, 2.45) is 0 Å². The summed E-state index contributed by atoms with van der Waals surface area (Å²) in [5.74, 6) is -5.04. The first-order chi connectivity index (χ1) is 29.3. The molecule has 0 N–H and O–H groups in total. The smallest absolute Gasteiger partial charge is 0.490 e. The maximum atomic E-state index is 13.7. The van der Waals surface area contributed by atoms with E-state index in [4.69, 9.17) is 14.2 Å². The number of rotatable bonds is 24. The summed E-state index contributed by atoms with van der Waals surface area (Å²) in [6, 6.07) is 5.13. The van der Waals surface area contributed by atoms with Gasteiger partial charge in [-0.2, -0.15) is 64.8 Å². The maximum Gasteiger partial charge on any atom is 0.534 e. The van der Waals surface area contributed by atoms with Gasteiger partial charge in [-0.3, -0.25) is 0 Å². The van der Waals surface area contributed by atoms with Crippen LogP contribution in [0.2, 0.25) is 0 Å². The highest BCUT2D eigenvalue weighted by Gasteiger charge is 2.51. The Labute approximate surface area is 358 Å². The van der Waals surface area contributed by atoms with Gasteiger partial charge < -0.3 is 26.8 Å². The van der Waals surface area contributed by atoms with Crippen molar-refractivity contribution in [2.75, 3.05) is 19.8 Å². The molecule has 0 radical (unpaired) electrons. The van der Waals surface area contributed by atoms with E-state index in [9.17, 15) is 64.8 Å². The molecule has 0 aliphatic carbocycles. The number of benzene rings is 4. The molecule has 0 saturated heterocycles. The SMILES string of the molecule is CCCCCCOc1cc2c(cc1OS(=O)(=O)C(F)(F)F)c1cc(OCCCCCC)c(OS(=O)(=O)C(F)(F)F)cc1c1cc(OCCCCCC)c(OS(=O)(=O)C(F)(F)F)cc21. The van der Waals surface area contributed by atoms with Crippen LogP contribution in [0, 0.1) is 0 Å². The number of ether oxygens (including phenoxy) is 3. The molecule has 0 fully saturated rings. The first-order valence-electron chi connectivity index (χ1n) is 19.7. The van der Waals surface area contributed by atoms with Crippen molar-refractivity contribution < 1.29 is 91.5 Å². The summed E-state index contributed by atoms with van der Waals surface area (Å²) >= 11 is 0. The Kier molecular flexibility index (Phi) is 16.8. The van der Waals surface area contributed by atoms with Crippen molar-refractivity contribution in [1.82, 2.24) is 0 Å². The van der Waals surface area contributed by atoms with Gasteiger partial charge in [-0.15, -0.1) is 0 Å². The lowest BCUT2D eigenvalue weighted by Gasteiger charge is -2.20. The minimum Gasteiger partial charge on any atom is -0.490 e. The van der Waals surface area contributed by atoms with Crippen molar-refractivity contribution in [3.05, 3.63) is 36.4 Å². The van der Waals surface area contributed by atoms with Crippen LogP contribution in [-0.4, -0.2) is 61.6 Å². The average Bonchev–Trinajstić information content (AvgIpc) is 3.16. The molecule has 0 aliphatic heterocycles. The first kappa shape index (κ1) is 51.3. The second kappa shape index (κ2) is 20.7. The molecule has 0 aliphatic rings. The van der Waals surface area contributed by atoms with Crippen molar-refractivity contribution >= 4 is 62.7 Å². The molecular weight excluding hydrogens is 928 g/mol. The molecular formula is C39H45F9O12S3. The normalized spacial score (nSPS) is 13.1. The summed E-state index contributed by atoms with van der Waals surface area (Å²) in [4.78, 5) is 0. The standard InChI is InChI=1S/C39H45F9O12S3/c1-4-7-10-13-16-55-31-19-25-28(22-34(31)58-61(49,50)37(40,41)42)26-20-32(56-17-14-11-8-5-2)36(60-63(53,54)39(46,47)48)24-30(26)27-21-33(57-18-15-12-9-6-3)35(23-29(25)27)59-62(51,52)38(43,44)45/h19-24H,4-18H2,1-3H3. The third kappa shape index (κ3) is 12.7. The van der Waals surface area contributed by atoms with E-state index >= 15 is 0 Å². The monoisotopic (exact) mass is 972 g/mol. The lowest BCUT2D eigenvalue weighted by Crippen LogP contribution is -2.28. The lowest BCUT2D eigenvalue weighted by molar-refractivity contribution is -0.0505. The number of unbranched alkanes of at least 4 members (excludes halogenated alkanes) is 9. The molecule has 4 rings (SSSR count). The van der Waals surface area contributed by atoms with Crippen LogP contribution in [0.15, 0.2) is 36.4 Å². The highest BCUT2D eigenvalue weighted by atomic mass is 32.2. The lowest BCUT2D eigenvalue weighted by atomic mass is 9.93. The Bertz CT molecular complexity index is 2250. The van der Waals surface area contributed by atoms with Crippen LogP contribution in [0.5, 0.6) is 34.5 Å². The Hall–Kier alpha value is -4.32. The summed E-state index contributed by atoms with van der Waals surface area (Å²) in [6.07, 6.45) is 7.10. The van der Waals surface area contributed by atoms with Crippen LogP contribution in [0.3, 0.4) is 0 Å². The fraction of sp³-hybridized carbons (Fsp3) is 0.538. The zero-order valence-corrected chi connectivity index (χ0v) is 36.5. The Morgan fingerprint density at radius 2 is 0.556 bits per heavy atom. The zero-order chi connectivity index (χ0) is 47.0. The largest absolute Gasteiger partial charge is 0.534 e. The molecule has 4 aromatic rings. The van der Waals surface area contributed by atoms with E-state index in [-0.39, 0.29) is 52.1 Å². The summed E-state index contributed by atoms with van der Waals surface area (Å²) < 4.78 is 228. The summed E-state index contributed by atoms with van der Waals surface area (Å²) in [6.45, 7) is 5.04. The van der Waals surface area contributed by atoms with Gasteiger partial charge >= 0.3 is 46.9 Å². The third-order valence-corrected chi connectivity index (χ3v) is 12.2. The fourth-order valence-corrected chi connectivity index (χ4v) is 7.56. The van der Waals surface area contributed by atoms with Gasteiger partial charge in [-0.1, -0.05) is 78.6 Å². The molecule has 0 amide bonds. The van der Waals surface area contributed by atoms with Crippen LogP contribution in [0.4, 0.5) is 39.5 Å². The quantitative estimate of drug-likeness (QED) is 0.0215. The molecule has 0 bridgehead atoms. The van der Waals surface area contributed by atoms with Crippen LogP contribution in [-0.2, 0) is 30.4 Å². The van der Waals surface area contributed by atoms with Crippen LogP contribution >= 0.6 is 0 Å². The van der Waals surface area contributed by atoms with E-state index in [0.29, 0.717) is 38.5 Å². The van der Waals surface area contributed by atoms with Crippen molar-refractivity contribution in [2.45, 2.75) is 114 Å². The van der Waals surface area contributed by atoms with Gasteiger partial charge in [0.15, 0.2) is 34.5 Å². The molecule has 63 heavy (non-hydrogen) atoms. The molecule has 0 unspecified atom stereocenters. The van der Waals surface area contributed by atoms with Gasteiger partial charge in [0.05, 0.1) is 19.8 Å². The molecule has 0 saturated carbocycles. The fourth-order valence-electron chi connectivity index (χ4n) is 6.18. The number of hydrogen-bond acceptors (Lipinski definition) is 12. The first-order valence-corrected chi connectivity index (χ1v) is 24.0. The van der Waals surface area contributed by atoms with E-state index in [1.54, 1.807) is 0 Å². The molecule has 24 heteroatoms. The van der Waals surface area contributed by atoms with Gasteiger partial charge in [0.25, 0.3) is 0 Å². The Morgan fingerprint density at radius 3 is 0.746 bits per heavy atom. The average molecular weight is 973 g/mol. The molecule has 0 spiro atoms. The molecule has 0 aromatic heterocycles. The molecule has 4 aromatic carbocycles. The van der Waals surface area contributed by atoms with E-state index < -0.39 is 81.4 Å². The van der Waals surface area contributed by atoms with E-state index in [2.05, 4.69) is 12.5 Å². The van der Waals surface area contributed by atoms with Crippen molar-refractivity contribution in [1.29, 1.82) is 0 Å². The highest BCUT2D eigenvalue weighted by molar-refractivity contribution is 7.88. The Balaban J connectivity index is 2.21. The van der Waals surface area contributed by atoms with Gasteiger partial charge in [0, 0.05) is 0 Å². The minimum atomic E-state index is -6.42. The van der Waals surface area contributed by atoms with Gasteiger partial charge in [0.2, 0.25) is 0 Å². The maximum absolute atomic E-state index is 13.7. The second-order valence-corrected chi connectivity index (χ2v) is 18.8. The molecule has 0 atom stereocenters. The van der Waals surface area contributed by atoms with Gasteiger partial charge in [-0.05, 0) is 88.0 Å². The van der Waals surface area contributed by atoms with E-state index in [0.717, 1.165) is 74.9 Å².